The maximum atomic E-state index is 15.0. The van der Waals surface area contributed by atoms with Gasteiger partial charge in [-0.25, -0.2) is 9.18 Å². The number of anilines is 2. The van der Waals surface area contributed by atoms with Crippen LogP contribution in [0.25, 0.3) is 0 Å². The van der Waals surface area contributed by atoms with Gasteiger partial charge in [0.15, 0.2) is 0 Å². The molecule has 1 saturated heterocycles. The lowest BCUT2D eigenvalue weighted by Gasteiger charge is -2.38. The fraction of sp³-hybridized carbons (Fsp3) is 0.522. The quantitative estimate of drug-likeness (QED) is 0.385. The van der Waals surface area contributed by atoms with Gasteiger partial charge in [0.1, 0.15) is 11.9 Å². The number of carboxylic acids is 2. The highest BCUT2D eigenvalue weighted by atomic mass is 19.1. The lowest BCUT2D eigenvalue weighted by molar-refractivity contribution is -0.137. The number of amides is 1. The lowest BCUT2D eigenvalue weighted by atomic mass is 9.95. The number of nitrogens with two attached hydrogens (primary N) is 1. The maximum Gasteiger partial charge on any atom is 0.336 e. The van der Waals surface area contributed by atoms with E-state index in [4.69, 9.17) is 10.8 Å². The second-order valence-electron chi connectivity index (χ2n) is 8.50. The number of aliphatic hydroxyl groups is 1. The fourth-order valence-corrected chi connectivity index (χ4v) is 4.35. The third-order valence-electron chi connectivity index (χ3n) is 6.28. The molecule has 10 nitrogen and oxygen atoms in total. The molecule has 0 bridgehead atoms. The number of piperazine rings is 1. The Balaban J connectivity index is 1.66. The van der Waals surface area contributed by atoms with E-state index in [2.05, 4.69) is 0 Å². The number of fused-ring (bicyclic) bond motifs is 1. The standard InChI is InChI=1S/C23H31FN4O6/c1-2-26-13-15(23(33)34)21(31)14-11-16(24)19(12-18(14)26)27-7-9-28(10-8-27)22(32)17(25)5-3-4-6-20(29)30/h11-13,17,21,31H,2-10,25H2,1H3,(H,29,30)(H,33,34). The molecule has 1 aromatic rings. The third kappa shape index (κ3) is 5.48. The summed E-state index contributed by atoms with van der Waals surface area (Å²) >= 11 is 0. The Morgan fingerprint density at radius 3 is 2.38 bits per heavy atom. The summed E-state index contributed by atoms with van der Waals surface area (Å²) in [5.41, 5.74) is 6.84. The predicted octanol–water partition coefficient (Wildman–Crippen LogP) is 1.29. The second kappa shape index (κ2) is 10.8. The lowest BCUT2D eigenvalue weighted by Crippen LogP contribution is -2.53. The number of carbonyl (C=O) groups is 3. The first-order chi connectivity index (χ1) is 16.1. The van der Waals surface area contributed by atoms with Crippen LogP contribution >= 0.6 is 0 Å². The van der Waals surface area contributed by atoms with E-state index in [1.165, 1.54) is 12.3 Å². The number of carbonyl (C=O) groups excluding carboxylic acids is 1. The molecule has 2 unspecified atom stereocenters. The molecule has 1 amide bonds. The first kappa shape index (κ1) is 25.4. The Hall–Kier alpha value is -3.18. The number of aliphatic carboxylic acids is 2. The Kier molecular flexibility index (Phi) is 8.11. The van der Waals surface area contributed by atoms with Gasteiger partial charge in [0.2, 0.25) is 5.91 Å². The van der Waals surface area contributed by atoms with Crippen molar-refractivity contribution in [3.05, 3.63) is 35.3 Å². The van der Waals surface area contributed by atoms with E-state index in [0.29, 0.717) is 63.4 Å². The molecule has 11 heteroatoms. The number of hydrogen-bond donors (Lipinski definition) is 4. The SMILES string of the molecule is CCN1C=C(C(=O)O)C(O)c2cc(F)c(N3CCN(C(=O)C(N)CCCCC(=O)O)CC3)cc21. The van der Waals surface area contributed by atoms with E-state index in [-0.39, 0.29) is 23.5 Å². The van der Waals surface area contributed by atoms with Crippen LogP contribution < -0.4 is 15.5 Å². The van der Waals surface area contributed by atoms with E-state index >= 15 is 4.39 Å². The van der Waals surface area contributed by atoms with Crippen molar-refractivity contribution >= 4 is 29.2 Å². The third-order valence-corrected chi connectivity index (χ3v) is 6.28. The van der Waals surface area contributed by atoms with Gasteiger partial charge < -0.3 is 35.8 Å². The van der Waals surface area contributed by atoms with Gasteiger partial charge in [0.25, 0.3) is 0 Å². The molecule has 186 valence electrons. The summed E-state index contributed by atoms with van der Waals surface area (Å²) in [4.78, 5) is 39.8. The number of hydrogen-bond acceptors (Lipinski definition) is 7. The molecule has 0 aliphatic carbocycles. The first-order valence-corrected chi connectivity index (χ1v) is 11.4. The van der Waals surface area contributed by atoms with Crippen LogP contribution in [0.2, 0.25) is 0 Å². The number of benzene rings is 1. The van der Waals surface area contributed by atoms with Crippen molar-refractivity contribution in [2.24, 2.45) is 5.73 Å². The van der Waals surface area contributed by atoms with E-state index < -0.39 is 29.9 Å². The number of nitrogens with zero attached hydrogens (tertiary/aromatic N) is 3. The number of rotatable bonds is 9. The smallest absolute Gasteiger partial charge is 0.336 e. The second-order valence-corrected chi connectivity index (χ2v) is 8.50. The zero-order valence-electron chi connectivity index (χ0n) is 19.1. The molecule has 5 N–H and O–H groups in total. The van der Waals surface area contributed by atoms with Crippen molar-refractivity contribution in [3.63, 3.8) is 0 Å². The fourth-order valence-electron chi connectivity index (χ4n) is 4.35. The molecule has 2 atom stereocenters. The van der Waals surface area contributed by atoms with Gasteiger partial charge in [0, 0.05) is 56.6 Å². The molecule has 0 aromatic heterocycles. The minimum absolute atomic E-state index is 0.0474. The van der Waals surface area contributed by atoms with E-state index in [9.17, 15) is 24.6 Å². The highest BCUT2D eigenvalue weighted by Gasteiger charge is 2.32. The van der Waals surface area contributed by atoms with Crippen LogP contribution in [0.5, 0.6) is 0 Å². The van der Waals surface area contributed by atoms with Gasteiger partial charge in [-0.2, -0.15) is 0 Å². The van der Waals surface area contributed by atoms with E-state index in [1.54, 1.807) is 15.9 Å². The predicted molar refractivity (Wildman–Crippen MR) is 123 cm³/mol. The number of carboxylic acid groups (broad SMARTS) is 2. The van der Waals surface area contributed by atoms with Crippen LogP contribution in [-0.4, -0.2) is 76.8 Å². The molecule has 2 aliphatic heterocycles. The van der Waals surface area contributed by atoms with Crippen molar-refractivity contribution in [1.82, 2.24) is 4.90 Å². The molecular weight excluding hydrogens is 447 g/mol. The van der Waals surface area contributed by atoms with Crippen LogP contribution in [0.1, 0.15) is 44.3 Å². The summed E-state index contributed by atoms with van der Waals surface area (Å²) in [5.74, 6) is -2.91. The monoisotopic (exact) mass is 478 g/mol. The molecule has 34 heavy (non-hydrogen) atoms. The molecular formula is C23H31FN4O6. The van der Waals surface area contributed by atoms with Crippen LogP contribution in [0.15, 0.2) is 23.9 Å². The van der Waals surface area contributed by atoms with Crippen molar-refractivity contribution in [2.45, 2.75) is 44.8 Å². The number of aliphatic hydroxyl groups excluding tert-OH is 1. The Labute approximate surface area is 197 Å². The largest absolute Gasteiger partial charge is 0.481 e. The van der Waals surface area contributed by atoms with Gasteiger partial charge in [0.05, 0.1) is 17.3 Å². The summed E-state index contributed by atoms with van der Waals surface area (Å²) in [5, 5.41) is 28.5. The van der Waals surface area contributed by atoms with Gasteiger partial charge in [-0.3, -0.25) is 9.59 Å². The van der Waals surface area contributed by atoms with Gasteiger partial charge in [-0.15, -0.1) is 0 Å². The summed E-state index contributed by atoms with van der Waals surface area (Å²) < 4.78 is 15.0. The summed E-state index contributed by atoms with van der Waals surface area (Å²) in [6.45, 7) is 3.77. The molecule has 3 rings (SSSR count). The summed E-state index contributed by atoms with van der Waals surface area (Å²) in [6, 6.07) is 2.09. The molecule has 2 heterocycles. The minimum atomic E-state index is -1.43. The topological polar surface area (TPSA) is 148 Å². The van der Waals surface area contributed by atoms with Crippen molar-refractivity contribution in [2.75, 3.05) is 42.5 Å². The first-order valence-electron chi connectivity index (χ1n) is 11.4. The van der Waals surface area contributed by atoms with Crippen LogP contribution in [0.3, 0.4) is 0 Å². The Morgan fingerprint density at radius 1 is 1.12 bits per heavy atom. The van der Waals surface area contributed by atoms with Crippen molar-refractivity contribution in [1.29, 1.82) is 0 Å². The van der Waals surface area contributed by atoms with Crippen LogP contribution in [-0.2, 0) is 14.4 Å². The van der Waals surface area contributed by atoms with E-state index in [0.717, 1.165) is 0 Å². The Morgan fingerprint density at radius 2 is 1.79 bits per heavy atom. The molecule has 0 radical (unpaired) electrons. The van der Waals surface area contributed by atoms with Gasteiger partial charge >= 0.3 is 11.9 Å². The Bertz CT molecular complexity index is 976. The van der Waals surface area contributed by atoms with Crippen molar-refractivity contribution in [3.8, 4) is 0 Å². The van der Waals surface area contributed by atoms with Crippen LogP contribution in [0.4, 0.5) is 15.8 Å². The maximum absolute atomic E-state index is 15.0. The molecule has 0 spiro atoms. The normalized spacial score (nSPS) is 18.9. The summed E-state index contributed by atoms with van der Waals surface area (Å²) in [7, 11) is 0. The molecule has 0 saturated carbocycles. The van der Waals surface area contributed by atoms with Crippen LogP contribution in [0, 0.1) is 5.82 Å². The number of halogens is 1. The number of unbranched alkanes of at least 4 members (excludes halogenated alkanes) is 1. The molecule has 1 aromatic carbocycles. The van der Waals surface area contributed by atoms with Gasteiger partial charge in [-0.1, -0.05) is 6.42 Å². The summed E-state index contributed by atoms with van der Waals surface area (Å²) in [6.07, 6.45) is 1.42. The molecule has 2 aliphatic rings. The average Bonchev–Trinajstić information content (AvgIpc) is 2.81. The zero-order chi connectivity index (χ0) is 25.0. The van der Waals surface area contributed by atoms with E-state index in [1.807, 2.05) is 11.8 Å². The minimum Gasteiger partial charge on any atom is -0.481 e. The zero-order valence-corrected chi connectivity index (χ0v) is 19.1. The highest BCUT2D eigenvalue weighted by Crippen LogP contribution is 2.40. The van der Waals surface area contributed by atoms with Gasteiger partial charge in [-0.05, 0) is 31.9 Å². The molecule has 1 fully saturated rings. The average molecular weight is 479 g/mol. The van der Waals surface area contributed by atoms with Crippen molar-refractivity contribution < 1.29 is 34.1 Å². The highest BCUT2D eigenvalue weighted by molar-refractivity contribution is 5.91.